The van der Waals surface area contributed by atoms with Gasteiger partial charge in [-0.15, -0.1) is 0 Å². The molecule has 1 heterocycles. The van der Waals surface area contributed by atoms with E-state index in [4.69, 9.17) is 10.5 Å². The van der Waals surface area contributed by atoms with Crippen molar-refractivity contribution in [3.63, 3.8) is 0 Å². The van der Waals surface area contributed by atoms with Crippen LogP contribution >= 0.6 is 0 Å². The maximum atomic E-state index is 12.3. The number of carbonyl (C=O) groups is 2. The highest BCUT2D eigenvalue weighted by Crippen LogP contribution is 2.19. The van der Waals surface area contributed by atoms with Crippen LogP contribution in [0.1, 0.15) is 53.9 Å². The van der Waals surface area contributed by atoms with Gasteiger partial charge in [0.05, 0.1) is 17.5 Å². The van der Waals surface area contributed by atoms with E-state index in [1.807, 2.05) is 34.6 Å². The molecular weight excluding hydrogens is 294 g/mol. The summed E-state index contributed by atoms with van der Waals surface area (Å²) in [5.41, 5.74) is 5.39. The van der Waals surface area contributed by atoms with Gasteiger partial charge in [-0.2, -0.15) is 0 Å². The first-order chi connectivity index (χ1) is 10.6. The van der Waals surface area contributed by atoms with Crippen molar-refractivity contribution in [2.24, 2.45) is 17.1 Å². The third kappa shape index (κ3) is 6.87. The Balaban J connectivity index is 2.70. The average Bonchev–Trinajstić information content (AvgIpc) is 2.62. The number of carbonyl (C=O) groups excluding carboxylic acids is 2. The highest BCUT2D eigenvalue weighted by Gasteiger charge is 2.33. The Morgan fingerprint density at radius 2 is 2.00 bits per heavy atom. The van der Waals surface area contributed by atoms with Crippen molar-refractivity contribution in [2.45, 2.75) is 72.1 Å². The summed E-state index contributed by atoms with van der Waals surface area (Å²) in [7, 11) is 0. The number of ether oxygens (including phenoxy) is 1. The van der Waals surface area contributed by atoms with Gasteiger partial charge in [0.2, 0.25) is 5.91 Å². The van der Waals surface area contributed by atoms with Crippen LogP contribution < -0.4 is 16.4 Å². The normalized spacial score (nSPS) is 24.0. The maximum Gasteiger partial charge on any atom is 0.311 e. The first-order valence-electron chi connectivity index (χ1n) is 8.59. The molecule has 2 unspecified atom stereocenters. The lowest BCUT2D eigenvalue weighted by molar-refractivity contribution is -0.160. The molecule has 3 atom stereocenters. The molecule has 0 aliphatic carbocycles. The summed E-state index contributed by atoms with van der Waals surface area (Å²) in [5.74, 6) is -0.0552. The van der Waals surface area contributed by atoms with E-state index in [0.717, 1.165) is 19.4 Å². The molecule has 1 saturated heterocycles. The second-order valence-electron chi connectivity index (χ2n) is 7.89. The first kappa shape index (κ1) is 19.9. The minimum atomic E-state index is -0.561. The maximum absolute atomic E-state index is 12.3. The fourth-order valence-corrected chi connectivity index (χ4v) is 2.53. The number of esters is 1. The number of hydrogen-bond acceptors (Lipinski definition) is 5. The van der Waals surface area contributed by atoms with E-state index in [1.54, 1.807) is 0 Å². The SMILES string of the molecule is CC(C)C[C@H](N)C(=O)NC1CCCNCC1OC(=O)C(C)(C)C. The third-order valence-electron chi connectivity index (χ3n) is 3.92. The molecule has 1 aliphatic heterocycles. The Kier molecular flexibility index (Phi) is 7.48. The molecule has 0 spiro atoms. The number of nitrogens with two attached hydrogens (primary N) is 1. The fraction of sp³-hybridized carbons (Fsp3) is 0.882. The Morgan fingerprint density at radius 1 is 1.35 bits per heavy atom. The molecule has 0 aromatic heterocycles. The van der Waals surface area contributed by atoms with Gasteiger partial charge in [0.1, 0.15) is 6.10 Å². The molecule has 1 fully saturated rings. The molecule has 0 aromatic carbocycles. The van der Waals surface area contributed by atoms with Crippen molar-refractivity contribution < 1.29 is 14.3 Å². The van der Waals surface area contributed by atoms with Gasteiger partial charge in [-0.25, -0.2) is 0 Å². The van der Waals surface area contributed by atoms with Gasteiger partial charge in [-0.1, -0.05) is 13.8 Å². The van der Waals surface area contributed by atoms with Crippen molar-refractivity contribution in [1.29, 1.82) is 0 Å². The van der Waals surface area contributed by atoms with Gasteiger partial charge in [-0.3, -0.25) is 9.59 Å². The fourth-order valence-electron chi connectivity index (χ4n) is 2.53. The monoisotopic (exact) mass is 327 g/mol. The number of nitrogens with one attached hydrogen (secondary N) is 2. The van der Waals surface area contributed by atoms with Crippen molar-refractivity contribution >= 4 is 11.9 Å². The van der Waals surface area contributed by atoms with Crippen molar-refractivity contribution in [3.8, 4) is 0 Å². The summed E-state index contributed by atoms with van der Waals surface area (Å²) in [6.45, 7) is 11.0. The molecule has 1 aliphatic rings. The van der Waals surface area contributed by atoms with Crippen LogP contribution in [-0.2, 0) is 14.3 Å². The van der Waals surface area contributed by atoms with E-state index in [0.29, 0.717) is 18.9 Å². The molecule has 1 amide bonds. The predicted molar refractivity (Wildman–Crippen MR) is 90.8 cm³/mol. The topological polar surface area (TPSA) is 93.5 Å². The third-order valence-corrected chi connectivity index (χ3v) is 3.92. The molecule has 0 saturated carbocycles. The van der Waals surface area contributed by atoms with Crippen LogP contribution in [0.3, 0.4) is 0 Å². The molecule has 0 radical (unpaired) electrons. The van der Waals surface area contributed by atoms with E-state index in [2.05, 4.69) is 10.6 Å². The zero-order chi connectivity index (χ0) is 17.6. The van der Waals surface area contributed by atoms with E-state index in [-0.39, 0.29) is 24.0 Å². The van der Waals surface area contributed by atoms with Crippen LogP contribution in [0, 0.1) is 11.3 Å². The highest BCUT2D eigenvalue weighted by molar-refractivity contribution is 5.82. The summed E-state index contributed by atoms with van der Waals surface area (Å²) in [4.78, 5) is 24.5. The molecule has 6 heteroatoms. The van der Waals surface area contributed by atoms with Gasteiger partial charge < -0.3 is 21.1 Å². The molecule has 0 bridgehead atoms. The molecule has 1 rings (SSSR count). The van der Waals surface area contributed by atoms with Gasteiger partial charge in [-0.05, 0) is 52.5 Å². The first-order valence-corrected chi connectivity index (χ1v) is 8.59. The minimum Gasteiger partial charge on any atom is -0.458 e. The minimum absolute atomic E-state index is 0.164. The van der Waals surface area contributed by atoms with Crippen LogP contribution in [0.2, 0.25) is 0 Å². The van der Waals surface area contributed by atoms with Crippen molar-refractivity contribution in [1.82, 2.24) is 10.6 Å². The van der Waals surface area contributed by atoms with E-state index in [1.165, 1.54) is 0 Å². The van der Waals surface area contributed by atoms with Crippen LogP contribution in [0.4, 0.5) is 0 Å². The van der Waals surface area contributed by atoms with Crippen molar-refractivity contribution in [2.75, 3.05) is 13.1 Å². The van der Waals surface area contributed by atoms with Gasteiger partial charge in [0, 0.05) is 6.54 Å². The van der Waals surface area contributed by atoms with Crippen LogP contribution in [-0.4, -0.2) is 43.2 Å². The zero-order valence-electron chi connectivity index (χ0n) is 15.1. The molecule has 0 aromatic rings. The van der Waals surface area contributed by atoms with E-state index < -0.39 is 11.5 Å². The quantitative estimate of drug-likeness (QED) is 0.660. The molecule has 6 nitrogen and oxygen atoms in total. The summed E-state index contributed by atoms with van der Waals surface area (Å²) >= 11 is 0. The molecule has 23 heavy (non-hydrogen) atoms. The largest absolute Gasteiger partial charge is 0.458 e. The molecule has 4 N–H and O–H groups in total. The average molecular weight is 327 g/mol. The smallest absolute Gasteiger partial charge is 0.311 e. The summed E-state index contributed by atoms with van der Waals surface area (Å²) in [5, 5.41) is 6.25. The Bertz CT molecular complexity index is 404. The van der Waals surface area contributed by atoms with Crippen LogP contribution in [0.15, 0.2) is 0 Å². The number of amides is 1. The lowest BCUT2D eigenvalue weighted by atomic mass is 9.97. The predicted octanol–water partition coefficient (Wildman–Crippen LogP) is 1.19. The van der Waals surface area contributed by atoms with Gasteiger partial charge in [0.15, 0.2) is 0 Å². The second kappa shape index (κ2) is 8.64. The highest BCUT2D eigenvalue weighted by atomic mass is 16.5. The number of rotatable bonds is 5. The second-order valence-corrected chi connectivity index (χ2v) is 7.89. The number of hydrogen-bond donors (Lipinski definition) is 3. The Hall–Kier alpha value is -1.14. The van der Waals surface area contributed by atoms with Gasteiger partial charge >= 0.3 is 5.97 Å². The standard InChI is InChI=1S/C17H33N3O3/c1-11(2)9-12(18)15(21)20-13-7-6-8-19-10-14(13)23-16(22)17(3,4)5/h11-14,19H,6-10,18H2,1-5H3,(H,20,21)/t12-,13?,14?/m0/s1. The van der Waals surface area contributed by atoms with E-state index in [9.17, 15) is 9.59 Å². The van der Waals surface area contributed by atoms with Crippen LogP contribution in [0.25, 0.3) is 0 Å². The zero-order valence-corrected chi connectivity index (χ0v) is 15.1. The lowest BCUT2D eigenvalue weighted by Crippen LogP contribution is -2.53. The Morgan fingerprint density at radius 3 is 2.57 bits per heavy atom. The van der Waals surface area contributed by atoms with Crippen molar-refractivity contribution in [3.05, 3.63) is 0 Å². The lowest BCUT2D eigenvalue weighted by Gasteiger charge is -2.29. The van der Waals surface area contributed by atoms with Crippen LogP contribution in [0.5, 0.6) is 0 Å². The molecular formula is C17H33N3O3. The Labute approximate surface area is 139 Å². The summed E-state index contributed by atoms with van der Waals surface area (Å²) in [6.07, 6.45) is 1.98. The summed E-state index contributed by atoms with van der Waals surface area (Å²) < 4.78 is 5.65. The summed E-state index contributed by atoms with van der Waals surface area (Å²) in [6, 6.07) is -0.716. The molecule has 134 valence electrons. The van der Waals surface area contributed by atoms with Gasteiger partial charge in [0.25, 0.3) is 0 Å². The van der Waals surface area contributed by atoms with E-state index >= 15 is 0 Å².